The van der Waals surface area contributed by atoms with E-state index in [9.17, 15) is 4.79 Å². The number of carbonyl (C=O) groups is 1. The lowest BCUT2D eigenvalue weighted by Gasteiger charge is -2.08. The molecular formula is C15H21NO2. The van der Waals surface area contributed by atoms with Crippen molar-refractivity contribution in [3.63, 3.8) is 0 Å². The van der Waals surface area contributed by atoms with E-state index in [2.05, 4.69) is 19.2 Å². The molecule has 0 aromatic heterocycles. The summed E-state index contributed by atoms with van der Waals surface area (Å²) in [5.74, 6) is 1.50. The van der Waals surface area contributed by atoms with Crippen LogP contribution in [-0.4, -0.2) is 18.6 Å². The van der Waals surface area contributed by atoms with E-state index in [1.165, 1.54) is 0 Å². The number of hydrogen-bond acceptors (Lipinski definition) is 2. The summed E-state index contributed by atoms with van der Waals surface area (Å²) in [5, 5.41) is 2.97. The molecule has 0 aliphatic heterocycles. The van der Waals surface area contributed by atoms with Gasteiger partial charge in [0.15, 0.2) is 0 Å². The van der Waals surface area contributed by atoms with Crippen LogP contribution in [0.4, 0.5) is 0 Å². The number of nitrogens with one attached hydrogen (secondary N) is 1. The van der Waals surface area contributed by atoms with Crippen LogP contribution in [-0.2, 0) is 0 Å². The van der Waals surface area contributed by atoms with Crippen molar-refractivity contribution in [2.75, 3.05) is 6.61 Å². The van der Waals surface area contributed by atoms with Gasteiger partial charge in [0.2, 0.25) is 0 Å². The van der Waals surface area contributed by atoms with Gasteiger partial charge in [-0.15, -0.1) is 0 Å². The Kier molecular flexibility index (Phi) is 4.24. The molecule has 18 heavy (non-hydrogen) atoms. The van der Waals surface area contributed by atoms with Crippen molar-refractivity contribution in [2.45, 2.75) is 39.2 Å². The van der Waals surface area contributed by atoms with Gasteiger partial charge in [-0.3, -0.25) is 4.79 Å². The molecule has 1 saturated carbocycles. The zero-order valence-corrected chi connectivity index (χ0v) is 11.1. The van der Waals surface area contributed by atoms with Crippen LogP contribution >= 0.6 is 0 Å². The SMILES string of the molecule is CC(C)CCOc1ccc(C(=O)NC2CC2)cc1. The van der Waals surface area contributed by atoms with Crippen LogP contribution in [0, 0.1) is 5.92 Å². The van der Waals surface area contributed by atoms with Crippen molar-refractivity contribution >= 4 is 5.91 Å². The lowest BCUT2D eigenvalue weighted by Crippen LogP contribution is -2.25. The maximum atomic E-state index is 11.8. The topological polar surface area (TPSA) is 38.3 Å². The number of hydrogen-bond donors (Lipinski definition) is 1. The Morgan fingerprint density at radius 1 is 1.33 bits per heavy atom. The number of ether oxygens (including phenoxy) is 1. The Morgan fingerprint density at radius 3 is 2.56 bits per heavy atom. The van der Waals surface area contributed by atoms with Crippen LogP contribution in [0.25, 0.3) is 0 Å². The van der Waals surface area contributed by atoms with Crippen LogP contribution in [0.2, 0.25) is 0 Å². The van der Waals surface area contributed by atoms with Gasteiger partial charge in [-0.05, 0) is 49.4 Å². The molecule has 0 radical (unpaired) electrons. The van der Waals surface area contributed by atoms with Gasteiger partial charge in [-0.25, -0.2) is 0 Å². The fraction of sp³-hybridized carbons (Fsp3) is 0.533. The molecule has 1 N–H and O–H groups in total. The van der Waals surface area contributed by atoms with Gasteiger partial charge < -0.3 is 10.1 Å². The third-order valence-electron chi connectivity index (χ3n) is 2.99. The van der Waals surface area contributed by atoms with E-state index in [1.807, 2.05) is 24.3 Å². The normalized spacial score (nSPS) is 14.6. The summed E-state index contributed by atoms with van der Waals surface area (Å²) < 4.78 is 5.61. The maximum absolute atomic E-state index is 11.8. The summed E-state index contributed by atoms with van der Waals surface area (Å²) in [6.45, 7) is 5.08. The van der Waals surface area contributed by atoms with Gasteiger partial charge in [0.05, 0.1) is 6.61 Å². The average Bonchev–Trinajstić information content (AvgIpc) is 3.13. The first-order valence-electron chi connectivity index (χ1n) is 6.69. The minimum Gasteiger partial charge on any atom is -0.494 e. The Hall–Kier alpha value is -1.51. The monoisotopic (exact) mass is 247 g/mol. The quantitative estimate of drug-likeness (QED) is 0.839. The van der Waals surface area contributed by atoms with Crippen molar-refractivity contribution in [3.05, 3.63) is 29.8 Å². The second-order valence-electron chi connectivity index (χ2n) is 5.30. The Morgan fingerprint density at radius 2 is 2.00 bits per heavy atom. The third-order valence-corrected chi connectivity index (χ3v) is 2.99. The number of rotatable bonds is 6. The highest BCUT2D eigenvalue weighted by molar-refractivity contribution is 5.94. The molecule has 0 unspecified atom stereocenters. The molecule has 0 atom stereocenters. The molecule has 1 fully saturated rings. The molecule has 0 spiro atoms. The first-order valence-corrected chi connectivity index (χ1v) is 6.69. The molecule has 3 heteroatoms. The molecule has 0 heterocycles. The predicted octanol–water partition coefficient (Wildman–Crippen LogP) is 3.00. The summed E-state index contributed by atoms with van der Waals surface area (Å²) >= 11 is 0. The van der Waals surface area contributed by atoms with E-state index < -0.39 is 0 Å². The third kappa shape index (κ3) is 4.06. The standard InChI is InChI=1S/C15H21NO2/c1-11(2)9-10-18-14-7-3-12(4-8-14)15(17)16-13-5-6-13/h3-4,7-8,11,13H,5-6,9-10H2,1-2H3,(H,16,17). The molecule has 1 amide bonds. The molecule has 3 nitrogen and oxygen atoms in total. The van der Waals surface area contributed by atoms with E-state index in [1.54, 1.807) is 0 Å². The van der Waals surface area contributed by atoms with E-state index in [-0.39, 0.29) is 5.91 Å². The lowest BCUT2D eigenvalue weighted by atomic mass is 10.1. The molecule has 0 bridgehead atoms. The largest absolute Gasteiger partial charge is 0.494 e. The van der Waals surface area contributed by atoms with Crippen molar-refractivity contribution < 1.29 is 9.53 Å². The van der Waals surface area contributed by atoms with E-state index >= 15 is 0 Å². The van der Waals surface area contributed by atoms with Crippen molar-refractivity contribution in [2.24, 2.45) is 5.92 Å². The second-order valence-corrected chi connectivity index (χ2v) is 5.30. The highest BCUT2D eigenvalue weighted by atomic mass is 16.5. The zero-order chi connectivity index (χ0) is 13.0. The lowest BCUT2D eigenvalue weighted by molar-refractivity contribution is 0.0951. The minimum atomic E-state index is 0.0197. The summed E-state index contributed by atoms with van der Waals surface area (Å²) in [7, 11) is 0. The fourth-order valence-corrected chi connectivity index (χ4v) is 1.61. The van der Waals surface area contributed by atoms with Gasteiger partial charge in [-0.1, -0.05) is 13.8 Å². The van der Waals surface area contributed by atoms with E-state index in [0.717, 1.165) is 31.6 Å². The molecule has 1 aromatic carbocycles. The van der Waals surface area contributed by atoms with Gasteiger partial charge >= 0.3 is 0 Å². The summed E-state index contributed by atoms with van der Waals surface area (Å²) in [6, 6.07) is 7.77. The molecule has 98 valence electrons. The number of amides is 1. The first kappa shape index (κ1) is 12.9. The van der Waals surface area contributed by atoms with E-state index in [4.69, 9.17) is 4.74 Å². The first-order chi connectivity index (χ1) is 8.65. The van der Waals surface area contributed by atoms with Crippen LogP contribution in [0.1, 0.15) is 43.5 Å². The molecular weight excluding hydrogens is 226 g/mol. The predicted molar refractivity (Wildman–Crippen MR) is 71.9 cm³/mol. The van der Waals surface area contributed by atoms with Crippen molar-refractivity contribution in [1.29, 1.82) is 0 Å². The smallest absolute Gasteiger partial charge is 0.251 e. The Bertz CT molecular complexity index is 393. The summed E-state index contributed by atoms with van der Waals surface area (Å²) in [6.07, 6.45) is 3.27. The zero-order valence-electron chi connectivity index (χ0n) is 11.1. The van der Waals surface area contributed by atoms with Crippen LogP contribution in [0.5, 0.6) is 5.75 Å². The minimum absolute atomic E-state index is 0.0197. The van der Waals surface area contributed by atoms with Gasteiger partial charge in [0.1, 0.15) is 5.75 Å². The Balaban J connectivity index is 1.82. The maximum Gasteiger partial charge on any atom is 0.251 e. The average molecular weight is 247 g/mol. The van der Waals surface area contributed by atoms with Crippen LogP contribution in [0.3, 0.4) is 0 Å². The molecule has 0 saturated heterocycles. The highest BCUT2D eigenvalue weighted by Crippen LogP contribution is 2.20. The number of carbonyl (C=O) groups excluding carboxylic acids is 1. The van der Waals surface area contributed by atoms with Crippen molar-refractivity contribution in [3.8, 4) is 5.75 Å². The summed E-state index contributed by atoms with van der Waals surface area (Å²) in [5.41, 5.74) is 0.707. The molecule has 2 rings (SSSR count). The van der Waals surface area contributed by atoms with Crippen LogP contribution in [0.15, 0.2) is 24.3 Å². The molecule has 1 aliphatic carbocycles. The Labute approximate surface area is 109 Å². The van der Waals surface area contributed by atoms with E-state index in [0.29, 0.717) is 17.5 Å². The fourth-order valence-electron chi connectivity index (χ4n) is 1.61. The number of benzene rings is 1. The van der Waals surface area contributed by atoms with Gasteiger partial charge in [0.25, 0.3) is 5.91 Å². The van der Waals surface area contributed by atoms with Gasteiger partial charge in [-0.2, -0.15) is 0 Å². The highest BCUT2D eigenvalue weighted by Gasteiger charge is 2.23. The van der Waals surface area contributed by atoms with Gasteiger partial charge in [0, 0.05) is 11.6 Å². The van der Waals surface area contributed by atoms with Crippen LogP contribution < -0.4 is 10.1 Å². The van der Waals surface area contributed by atoms with Crippen molar-refractivity contribution in [1.82, 2.24) is 5.32 Å². The molecule has 1 aromatic rings. The summed E-state index contributed by atoms with van der Waals surface area (Å²) in [4.78, 5) is 11.8. The molecule has 1 aliphatic rings. The second kappa shape index (κ2) is 5.89.